The third kappa shape index (κ3) is 2.89. The highest BCUT2D eigenvalue weighted by Gasteiger charge is 2.19. The molecule has 2 aromatic rings. The van der Waals surface area contributed by atoms with Crippen LogP contribution in [0.3, 0.4) is 0 Å². The second kappa shape index (κ2) is 5.66. The summed E-state index contributed by atoms with van der Waals surface area (Å²) in [6.07, 6.45) is 2.43. The van der Waals surface area contributed by atoms with Crippen LogP contribution in [0.15, 0.2) is 50.9 Å². The van der Waals surface area contributed by atoms with Gasteiger partial charge in [-0.25, -0.2) is 0 Å². The van der Waals surface area contributed by atoms with Crippen LogP contribution in [0.25, 0.3) is 6.08 Å². The molecule has 0 aromatic heterocycles. The highest BCUT2D eigenvalue weighted by atomic mass is 79.9. The average molecular weight is 409 g/mol. The molecule has 1 heterocycles. The van der Waals surface area contributed by atoms with Gasteiger partial charge in [0.2, 0.25) is 0 Å². The summed E-state index contributed by atoms with van der Waals surface area (Å²) in [7, 11) is 0. The Morgan fingerprint density at radius 1 is 1.14 bits per heavy atom. The van der Waals surface area contributed by atoms with E-state index < -0.39 is 0 Å². The van der Waals surface area contributed by atoms with Crippen molar-refractivity contribution in [3.05, 3.63) is 62.0 Å². The fourth-order valence-electron chi connectivity index (χ4n) is 2.27. The summed E-state index contributed by atoms with van der Waals surface area (Å²) in [5, 5.41) is 12.6. The van der Waals surface area contributed by atoms with E-state index in [1.807, 2.05) is 30.3 Å². The summed E-state index contributed by atoms with van der Waals surface area (Å²) in [5.74, 6) is 0.0598. The standard InChI is InChI=1S/C16H11Br2NO2/c17-12-6-9(7-13(18)15(12)20)5-11-8-10-3-1-2-4-14(10)19-16(11)21/h1-7,20H,8H2,(H,19,21)/b11-5+. The number of aromatic hydroxyl groups is 1. The molecule has 0 saturated heterocycles. The number of anilines is 1. The highest BCUT2D eigenvalue weighted by molar-refractivity contribution is 9.11. The molecule has 3 nitrogen and oxygen atoms in total. The van der Waals surface area contributed by atoms with Crippen LogP contribution < -0.4 is 5.32 Å². The first-order valence-corrected chi connectivity index (χ1v) is 7.91. The number of para-hydroxylation sites is 1. The van der Waals surface area contributed by atoms with Gasteiger partial charge in [-0.1, -0.05) is 18.2 Å². The van der Waals surface area contributed by atoms with Crippen molar-refractivity contribution in [2.75, 3.05) is 5.32 Å². The summed E-state index contributed by atoms with van der Waals surface area (Å²) in [5.41, 5.74) is 3.50. The van der Waals surface area contributed by atoms with Gasteiger partial charge in [0, 0.05) is 17.7 Å². The van der Waals surface area contributed by atoms with Gasteiger partial charge in [0.05, 0.1) is 8.95 Å². The Hall–Kier alpha value is -1.59. The second-order valence-corrected chi connectivity index (χ2v) is 6.50. The lowest BCUT2D eigenvalue weighted by Crippen LogP contribution is -2.21. The van der Waals surface area contributed by atoms with Crippen LogP contribution in [0.1, 0.15) is 11.1 Å². The third-order valence-electron chi connectivity index (χ3n) is 3.32. The third-order valence-corrected chi connectivity index (χ3v) is 4.53. The van der Waals surface area contributed by atoms with Gasteiger partial charge in [0.15, 0.2) is 0 Å². The van der Waals surface area contributed by atoms with E-state index in [4.69, 9.17) is 0 Å². The lowest BCUT2D eigenvalue weighted by atomic mass is 9.97. The molecule has 5 heteroatoms. The Bertz CT molecular complexity index is 746. The minimum Gasteiger partial charge on any atom is -0.506 e. The monoisotopic (exact) mass is 407 g/mol. The maximum atomic E-state index is 12.1. The van der Waals surface area contributed by atoms with Crippen LogP contribution in [-0.4, -0.2) is 11.0 Å². The van der Waals surface area contributed by atoms with Crippen molar-refractivity contribution in [3.8, 4) is 5.75 Å². The van der Waals surface area contributed by atoms with Crippen LogP contribution >= 0.6 is 31.9 Å². The largest absolute Gasteiger partial charge is 0.506 e. The van der Waals surface area contributed by atoms with Crippen molar-refractivity contribution in [1.82, 2.24) is 0 Å². The molecule has 0 aliphatic carbocycles. The topological polar surface area (TPSA) is 49.3 Å². The quantitative estimate of drug-likeness (QED) is 0.682. The Balaban J connectivity index is 1.99. The first-order valence-electron chi connectivity index (χ1n) is 6.32. The van der Waals surface area contributed by atoms with Crippen molar-refractivity contribution in [1.29, 1.82) is 0 Å². The number of carbonyl (C=O) groups is 1. The molecule has 0 fully saturated rings. The predicted octanol–water partition coefficient (Wildman–Crippen LogP) is 4.50. The molecule has 3 rings (SSSR count). The summed E-state index contributed by atoms with van der Waals surface area (Å²) < 4.78 is 1.17. The fraction of sp³-hybridized carbons (Fsp3) is 0.0625. The summed E-state index contributed by atoms with van der Waals surface area (Å²) in [6, 6.07) is 11.3. The Kier molecular flexibility index (Phi) is 3.87. The number of phenolic OH excluding ortho intramolecular Hbond substituents is 1. The SMILES string of the molecule is O=C1Nc2ccccc2C/C1=C\c1cc(Br)c(O)c(Br)c1. The molecule has 106 valence electrons. The van der Waals surface area contributed by atoms with Gasteiger partial charge in [-0.15, -0.1) is 0 Å². The van der Waals surface area contributed by atoms with Crippen molar-refractivity contribution >= 4 is 49.5 Å². The highest BCUT2D eigenvalue weighted by Crippen LogP contribution is 2.34. The Morgan fingerprint density at radius 2 is 1.81 bits per heavy atom. The van der Waals surface area contributed by atoms with Crippen LogP contribution in [0.4, 0.5) is 5.69 Å². The van der Waals surface area contributed by atoms with E-state index in [9.17, 15) is 9.90 Å². The van der Waals surface area contributed by atoms with Gasteiger partial charge in [-0.2, -0.15) is 0 Å². The molecule has 1 aliphatic rings. The van der Waals surface area contributed by atoms with Gasteiger partial charge in [-0.3, -0.25) is 4.79 Å². The number of benzene rings is 2. The molecule has 0 atom stereocenters. The van der Waals surface area contributed by atoms with E-state index in [-0.39, 0.29) is 11.7 Å². The molecule has 2 N–H and O–H groups in total. The number of rotatable bonds is 1. The van der Waals surface area contributed by atoms with Crippen LogP contribution in [-0.2, 0) is 11.2 Å². The van der Waals surface area contributed by atoms with Gasteiger partial charge in [0.25, 0.3) is 5.91 Å². The lowest BCUT2D eigenvalue weighted by Gasteiger charge is -2.19. The van der Waals surface area contributed by atoms with Gasteiger partial charge in [-0.05, 0) is 67.3 Å². The summed E-state index contributed by atoms with van der Waals surface area (Å²) >= 11 is 6.59. The molecule has 0 unspecified atom stereocenters. The predicted molar refractivity (Wildman–Crippen MR) is 90.3 cm³/mol. The van der Waals surface area contributed by atoms with Crippen molar-refractivity contribution < 1.29 is 9.90 Å². The Labute approximate surface area is 138 Å². The molecule has 2 aromatic carbocycles. The van der Waals surface area contributed by atoms with E-state index in [1.54, 1.807) is 12.1 Å². The maximum Gasteiger partial charge on any atom is 0.251 e. The van der Waals surface area contributed by atoms with Crippen molar-refractivity contribution in [3.63, 3.8) is 0 Å². The van der Waals surface area contributed by atoms with Crippen LogP contribution in [0.2, 0.25) is 0 Å². The lowest BCUT2D eigenvalue weighted by molar-refractivity contribution is -0.113. The summed E-state index contributed by atoms with van der Waals surface area (Å²) in [4.78, 5) is 12.1. The van der Waals surface area contributed by atoms with Crippen molar-refractivity contribution in [2.45, 2.75) is 6.42 Å². The summed E-state index contributed by atoms with van der Waals surface area (Å²) in [6.45, 7) is 0. The second-order valence-electron chi connectivity index (χ2n) is 4.79. The van der Waals surface area contributed by atoms with Crippen molar-refractivity contribution in [2.24, 2.45) is 0 Å². The smallest absolute Gasteiger partial charge is 0.251 e. The molecule has 0 spiro atoms. The number of nitrogens with one attached hydrogen (secondary N) is 1. The van der Waals surface area contributed by atoms with Crippen LogP contribution in [0.5, 0.6) is 5.75 Å². The first kappa shape index (κ1) is 14.4. The first-order chi connectivity index (χ1) is 10.0. The number of hydrogen-bond acceptors (Lipinski definition) is 2. The van der Waals surface area contributed by atoms with E-state index in [2.05, 4.69) is 37.2 Å². The normalized spacial score (nSPS) is 15.7. The number of halogens is 2. The zero-order chi connectivity index (χ0) is 15.0. The number of carbonyl (C=O) groups excluding carboxylic acids is 1. The van der Waals surface area contributed by atoms with E-state index in [0.717, 1.165) is 16.8 Å². The fourth-order valence-corrected chi connectivity index (χ4v) is 3.49. The zero-order valence-corrected chi connectivity index (χ0v) is 14.0. The van der Waals surface area contributed by atoms with Gasteiger partial charge < -0.3 is 10.4 Å². The average Bonchev–Trinajstić information content (AvgIpc) is 2.45. The van der Waals surface area contributed by atoms with E-state index in [0.29, 0.717) is 20.9 Å². The molecule has 0 radical (unpaired) electrons. The molecular weight excluding hydrogens is 398 g/mol. The number of hydrogen-bond donors (Lipinski definition) is 2. The molecule has 0 saturated carbocycles. The molecular formula is C16H11Br2NO2. The van der Waals surface area contributed by atoms with Gasteiger partial charge >= 0.3 is 0 Å². The van der Waals surface area contributed by atoms with E-state index in [1.165, 1.54) is 0 Å². The molecule has 0 bridgehead atoms. The minimum atomic E-state index is -0.0889. The van der Waals surface area contributed by atoms with E-state index >= 15 is 0 Å². The number of fused-ring (bicyclic) bond motifs is 1. The van der Waals surface area contributed by atoms with Crippen LogP contribution in [0, 0.1) is 0 Å². The molecule has 1 amide bonds. The number of amides is 1. The minimum absolute atomic E-state index is 0.0889. The molecule has 21 heavy (non-hydrogen) atoms. The maximum absolute atomic E-state index is 12.1. The Morgan fingerprint density at radius 3 is 2.52 bits per heavy atom. The zero-order valence-electron chi connectivity index (χ0n) is 10.9. The number of phenols is 1. The molecule has 1 aliphatic heterocycles. The van der Waals surface area contributed by atoms with Gasteiger partial charge in [0.1, 0.15) is 5.75 Å².